The van der Waals surface area contributed by atoms with Gasteiger partial charge in [-0.2, -0.15) is 0 Å². The van der Waals surface area contributed by atoms with Crippen molar-refractivity contribution in [3.8, 4) is 0 Å². The van der Waals surface area contributed by atoms with E-state index in [1.54, 1.807) is 5.57 Å². The average Bonchev–Trinajstić information content (AvgIpc) is 2.79. The van der Waals surface area contributed by atoms with Gasteiger partial charge in [-0.25, -0.2) is 4.99 Å². The molecule has 1 saturated carbocycles. The molecule has 2 heteroatoms. The van der Waals surface area contributed by atoms with Gasteiger partial charge in [0.25, 0.3) is 0 Å². The molecule has 0 N–H and O–H groups in total. The van der Waals surface area contributed by atoms with Crippen LogP contribution in [0.15, 0.2) is 52.7 Å². The van der Waals surface area contributed by atoms with Crippen molar-refractivity contribution in [3.63, 3.8) is 0 Å². The number of hydrogen-bond acceptors (Lipinski definition) is 2. The van der Waals surface area contributed by atoms with Crippen molar-refractivity contribution in [1.29, 1.82) is 0 Å². The predicted octanol–water partition coefficient (Wildman–Crippen LogP) is 7.16. The van der Waals surface area contributed by atoms with Gasteiger partial charge in [-0.3, -0.25) is 0 Å². The molecule has 4 rings (SSSR count). The Kier molecular flexibility index (Phi) is 7.12. The van der Waals surface area contributed by atoms with E-state index in [0.29, 0.717) is 0 Å². The number of benzene rings is 1. The molecule has 1 fully saturated rings. The third-order valence-electron chi connectivity index (χ3n) is 7.73. The van der Waals surface area contributed by atoms with Crippen LogP contribution >= 0.6 is 0 Å². The van der Waals surface area contributed by atoms with Crippen LogP contribution in [0.3, 0.4) is 0 Å². The second-order valence-corrected chi connectivity index (χ2v) is 10.0. The zero-order valence-electron chi connectivity index (χ0n) is 19.4. The van der Waals surface area contributed by atoms with Gasteiger partial charge in [0.1, 0.15) is 5.84 Å². The highest BCUT2D eigenvalue weighted by Crippen LogP contribution is 2.40. The molecule has 162 valence electrons. The fourth-order valence-corrected chi connectivity index (χ4v) is 5.62. The molecule has 0 saturated heterocycles. The molecule has 1 atom stereocenters. The Labute approximate surface area is 184 Å². The van der Waals surface area contributed by atoms with Crippen molar-refractivity contribution >= 4 is 5.84 Å². The van der Waals surface area contributed by atoms with Gasteiger partial charge in [0.2, 0.25) is 0 Å². The highest BCUT2D eigenvalue weighted by molar-refractivity contribution is 5.99. The lowest BCUT2D eigenvalue weighted by Crippen LogP contribution is -2.32. The number of rotatable bonds is 6. The lowest BCUT2D eigenvalue weighted by Gasteiger charge is -2.35. The Hall–Kier alpha value is -1.83. The van der Waals surface area contributed by atoms with Gasteiger partial charge in [0.05, 0.1) is 0 Å². The predicted molar refractivity (Wildman–Crippen MR) is 129 cm³/mol. The highest BCUT2D eigenvalue weighted by atomic mass is 15.2. The van der Waals surface area contributed by atoms with Crippen LogP contribution in [0, 0.1) is 17.8 Å². The quantitative estimate of drug-likeness (QED) is 0.491. The van der Waals surface area contributed by atoms with Crippen molar-refractivity contribution in [2.24, 2.45) is 22.7 Å². The third-order valence-corrected chi connectivity index (χ3v) is 7.73. The van der Waals surface area contributed by atoms with Crippen LogP contribution in [-0.2, 0) is 6.42 Å². The zero-order valence-corrected chi connectivity index (χ0v) is 19.4. The van der Waals surface area contributed by atoms with Crippen LogP contribution in [0.2, 0.25) is 0 Å². The molecular weight excluding hydrogens is 364 g/mol. The Morgan fingerprint density at radius 1 is 0.967 bits per heavy atom. The Bertz CT molecular complexity index is 790. The first-order valence-electron chi connectivity index (χ1n) is 12.4. The molecule has 0 aromatic heterocycles. The second-order valence-electron chi connectivity index (χ2n) is 10.0. The second kappa shape index (κ2) is 9.98. The smallest absolute Gasteiger partial charge is 0.135 e. The molecule has 30 heavy (non-hydrogen) atoms. The summed E-state index contributed by atoms with van der Waals surface area (Å²) in [6, 6.07) is 9.04. The van der Waals surface area contributed by atoms with Crippen molar-refractivity contribution < 1.29 is 0 Å². The van der Waals surface area contributed by atoms with E-state index in [0.717, 1.165) is 30.1 Å². The van der Waals surface area contributed by atoms with Gasteiger partial charge < -0.3 is 4.90 Å². The highest BCUT2D eigenvalue weighted by Gasteiger charge is 2.28. The number of aliphatic imine (C=N–C) groups is 1. The van der Waals surface area contributed by atoms with Gasteiger partial charge in [-0.15, -0.1) is 0 Å². The molecule has 1 unspecified atom stereocenters. The van der Waals surface area contributed by atoms with Crippen LogP contribution in [0.4, 0.5) is 0 Å². The molecule has 2 aliphatic carbocycles. The minimum absolute atomic E-state index is 0.924. The summed E-state index contributed by atoms with van der Waals surface area (Å²) in [7, 11) is 2.19. The molecule has 1 heterocycles. The molecule has 0 spiro atoms. The van der Waals surface area contributed by atoms with E-state index in [9.17, 15) is 0 Å². The van der Waals surface area contributed by atoms with E-state index < -0.39 is 0 Å². The summed E-state index contributed by atoms with van der Waals surface area (Å²) in [6.45, 7) is 5.66. The van der Waals surface area contributed by atoms with Crippen molar-refractivity contribution in [2.45, 2.75) is 78.1 Å². The Morgan fingerprint density at radius 2 is 1.73 bits per heavy atom. The summed E-state index contributed by atoms with van der Waals surface area (Å²) in [5.74, 6) is 3.96. The molecule has 1 aromatic carbocycles. The molecule has 0 bridgehead atoms. The number of allylic oxidation sites excluding steroid dienone is 1. The number of unbranched alkanes of at least 4 members (excludes halogenated alkanes) is 1. The molecular formula is C28H40N2. The first-order chi connectivity index (χ1) is 14.6. The fraction of sp³-hybridized carbons (Fsp3) is 0.607. The van der Waals surface area contributed by atoms with E-state index in [1.807, 2.05) is 0 Å². The van der Waals surface area contributed by atoms with Crippen molar-refractivity contribution in [2.75, 3.05) is 13.6 Å². The summed E-state index contributed by atoms with van der Waals surface area (Å²) in [4.78, 5) is 7.21. The summed E-state index contributed by atoms with van der Waals surface area (Å²) < 4.78 is 0. The van der Waals surface area contributed by atoms with Gasteiger partial charge in [0.15, 0.2) is 0 Å². The van der Waals surface area contributed by atoms with E-state index in [-0.39, 0.29) is 0 Å². The molecule has 1 aliphatic heterocycles. The van der Waals surface area contributed by atoms with Crippen LogP contribution in [0.1, 0.15) is 82.8 Å². The van der Waals surface area contributed by atoms with Crippen molar-refractivity contribution in [3.05, 3.63) is 58.8 Å². The van der Waals surface area contributed by atoms with Gasteiger partial charge in [-0.05, 0) is 79.4 Å². The van der Waals surface area contributed by atoms with Gasteiger partial charge in [0, 0.05) is 25.4 Å². The Balaban J connectivity index is 1.39. The van der Waals surface area contributed by atoms with E-state index >= 15 is 0 Å². The molecule has 0 amide bonds. The lowest BCUT2D eigenvalue weighted by atomic mass is 9.71. The van der Waals surface area contributed by atoms with E-state index in [2.05, 4.69) is 62.3 Å². The first-order valence-corrected chi connectivity index (χ1v) is 12.4. The molecule has 0 radical (unpaired) electrons. The fourth-order valence-electron chi connectivity index (χ4n) is 5.62. The van der Waals surface area contributed by atoms with Gasteiger partial charge >= 0.3 is 0 Å². The van der Waals surface area contributed by atoms with Crippen LogP contribution in [0.5, 0.6) is 0 Å². The van der Waals surface area contributed by atoms with Crippen LogP contribution < -0.4 is 0 Å². The zero-order chi connectivity index (χ0) is 20.9. The standard InChI is InChI=1S/C28H40N2/c1-4-5-6-22-9-13-26(14-10-22)28-29-19-27(20-30(28)3)25-17-15-24(16-18-25)23-11-7-21(2)8-12-23/h9-10,13-14,17,19,21,23-24H,4-8,11-12,15-16,18,20H2,1-3H3. The minimum Gasteiger partial charge on any atom is -0.355 e. The first kappa shape index (κ1) is 21.4. The Morgan fingerprint density at radius 3 is 2.37 bits per heavy atom. The maximum Gasteiger partial charge on any atom is 0.135 e. The van der Waals surface area contributed by atoms with Crippen LogP contribution in [-0.4, -0.2) is 24.3 Å². The maximum atomic E-state index is 4.89. The van der Waals surface area contributed by atoms with E-state index in [4.69, 9.17) is 4.99 Å². The van der Waals surface area contributed by atoms with E-state index in [1.165, 1.54) is 80.9 Å². The monoisotopic (exact) mass is 404 g/mol. The molecule has 1 aromatic rings. The lowest BCUT2D eigenvalue weighted by molar-refractivity contribution is 0.200. The average molecular weight is 405 g/mol. The number of nitrogens with zero attached hydrogens (tertiary/aromatic N) is 2. The SMILES string of the molecule is CCCCc1ccc(C2=NC=C(C3=CCC(C4CCC(C)CC4)CC3)CN2C)cc1. The summed E-state index contributed by atoms with van der Waals surface area (Å²) in [6.07, 6.45) is 18.1. The van der Waals surface area contributed by atoms with Crippen LogP contribution in [0.25, 0.3) is 0 Å². The van der Waals surface area contributed by atoms with Crippen molar-refractivity contribution in [1.82, 2.24) is 4.90 Å². The topological polar surface area (TPSA) is 15.6 Å². The maximum absolute atomic E-state index is 4.89. The number of likely N-dealkylation sites (N-methyl/N-ethyl adjacent to an activating group) is 1. The number of amidine groups is 1. The summed E-state index contributed by atoms with van der Waals surface area (Å²) >= 11 is 0. The summed E-state index contributed by atoms with van der Waals surface area (Å²) in [5, 5.41) is 0. The third kappa shape index (κ3) is 5.07. The summed E-state index contributed by atoms with van der Waals surface area (Å²) in [5.41, 5.74) is 5.65. The normalized spacial score (nSPS) is 27.4. The molecule has 3 aliphatic rings. The minimum atomic E-state index is 0.924. The van der Waals surface area contributed by atoms with Gasteiger partial charge in [-0.1, -0.05) is 63.5 Å². The molecule has 2 nitrogen and oxygen atoms in total. The number of aryl methyl sites for hydroxylation is 1. The number of hydrogen-bond donors (Lipinski definition) is 0. The largest absolute Gasteiger partial charge is 0.355 e.